The fourth-order valence-corrected chi connectivity index (χ4v) is 6.55. The van der Waals surface area contributed by atoms with Crippen LogP contribution in [0.3, 0.4) is 0 Å². The molecule has 6 rings (SSSR count). The van der Waals surface area contributed by atoms with Crippen molar-refractivity contribution in [1.29, 1.82) is 5.26 Å². The van der Waals surface area contributed by atoms with E-state index in [2.05, 4.69) is 13.0 Å². The molecule has 2 atom stereocenters. The van der Waals surface area contributed by atoms with Crippen molar-refractivity contribution in [1.82, 2.24) is 19.0 Å². The number of Topliss-reactive ketones (excluding diaryl/α,β-unsaturated/α-hetero) is 1. The van der Waals surface area contributed by atoms with Crippen LogP contribution in [-0.4, -0.2) is 131 Å². The molecule has 3 aliphatic rings. The van der Waals surface area contributed by atoms with Crippen LogP contribution >= 0.6 is 23.5 Å². The molecule has 15 heteroatoms. The standard InChI is InChI=1S/C24H32N6O5S.C6H5Cl.C6H6O.C4H10O.C2H6/c1-16-13-30(24(34)29-7-5-28(6-8-29)14-17(32)4-3-9-31)23(26-16)19-10-20(33)18-11-21(19)35-15-27(2)36-22(18)12-25;2*7-6-4-2-1-3-5-6;1-3-4-5-2;1-2/h10-11,16,22,31,33H,3-9,13-15H2,1-2H3;1-5H;1-5,7H;3-4H2,1-2H3;1-2H3. The summed E-state index contributed by atoms with van der Waals surface area (Å²) >= 11 is 6.82. The van der Waals surface area contributed by atoms with Gasteiger partial charge in [0.25, 0.3) is 0 Å². The Morgan fingerprint density at radius 1 is 1.04 bits per heavy atom. The van der Waals surface area contributed by atoms with E-state index >= 15 is 0 Å². The molecule has 2 amide bonds. The van der Waals surface area contributed by atoms with Gasteiger partial charge in [-0.15, -0.1) is 0 Å². The smallest absolute Gasteiger partial charge is 0.325 e. The molecule has 1 fully saturated rings. The maximum atomic E-state index is 13.5. The van der Waals surface area contributed by atoms with Crippen LogP contribution in [0.1, 0.15) is 63.3 Å². The molecule has 13 nitrogen and oxygen atoms in total. The average Bonchev–Trinajstić information content (AvgIpc) is 3.61. The maximum absolute atomic E-state index is 13.5. The van der Waals surface area contributed by atoms with Gasteiger partial charge in [-0.1, -0.05) is 80.7 Å². The number of aliphatic imine (C=N–C) groups is 1. The molecular formula is C42H59ClN6O7S. The van der Waals surface area contributed by atoms with Crippen LogP contribution in [-0.2, 0) is 9.53 Å². The Labute approximate surface area is 347 Å². The van der Waals surface area contributed by atoms with E-state index in [0.29, 0.717) is 80.6 Å². The third-order valence-electron chi connectivity index (χ3n) is 8.29. The van der Waals surface area contributed by atoms with Crippen molar-refractivity contribution in [2.24, 2.45) is 4.99 Å². The summed E-state index contributed by atoms with van der Waals surface area (Å²) in [5.74, 6) is 1.28. The quantitative estimate of drug-likeness (QED) is 0.197. The third-order valence-corrected chi connectivity index (χ3v) is 9.57. The van der Waals surface area contributed by atoms with Gasteiger partial charge in [0.15, 0.2) is 6.73 Å². The number of piperazine rings is 1. The maximum Gasteiger partial charge on any atom is 0.325 e. The molecule has 1 saturated heterocycles. The van der Waals surface area contributed by atoms with Crippen LogP contribution < -0.4 is 4.74 Å². The molecule has 0 saturated carbocycles. The normalized spacial score (nSPS) is 17.4. The van der Waals surface area contributed by atoms with Gasteiger partial charge >= 0.3 is 6.03 Å². The van der Waals surface area contributed by atoms with E-state index in [9.17, 15) is 20.0 Å². The highest BCUT2D eigenvalue weighted by molar-refractivity contribution is 7.97. The highest BCUT2D eigenvalue weighted by Crippen LogP contribution is 2.42. The Balaban J connectivity index is 0.000000432. The number of urea groups is 1. The molecule has 312 valence electrons. The highest BCUT2D eigenvalue weighted by Gasteiger charge is 2.36. The first-order valence-corrected chi connectivity index (χ1v) is 20.4. The fourth-order valence-electron chi connectivity index (χ4n) is 5.58. The van der Waals surface area contributed by atoms with Gasteiger partial charge in [-0.25, -0.2) is 9.10 Å². The van der Waals surface area contributed by atoms with E-state index in [4.69, 9.17) is 36.3 Å². The van der Waals surface area contributed by atoms with Crippen molar-refractivity contribution in [3.63, 3.8) is 0 Å². The molecular weight excluding hydrogens is 768 g/mol. The van der Waals surface area contributed by atoms with Gasteiger partial charge in [-0.05, 0) is 56.2 Å². The van der Waals surface area contributed by atoms with Crippen LogP contribution in [0.2, 0.25) is 5.02 Å². The van der Waals surface area contributed by atoms with E-state index in [1.54, 1.807) is 51.5 Å². The molecule has 0 spiro atoms. The van der Waals surface area contributed by atoms with Gasteiger partial charge < -0.3 is 29.7 Å². The lowest BCUT2D eigenvalue weighted by molar-refractivity contribution is -0.120. The van der Waals surface area contributed by atoms with Crippen molar-refractivity contribution < 1.29 is 34.4 Å². The SMILES string of the molecule is CC.CC1CN(C(=O)N2CCN(CC(=O)CCCO)CC2)C(c2cc(O)c3cc2OCN(C)SC3C#N)=N1.CCCOC.Clc1ccccc1.Oc1ccccc1. The average molecular weight is 827 g/mol. The number of ketones is 1. The number of carbonyl (C=O) groups is 2. The number of para-hydroxylation sites is 1. The number of hydrogen-bond acceptors (Lipinski definition) is 12. The first kappa shape index (κ1) is 48.8. The molecule has 0 radical (unpaired) electrons. The summed E-state index contributed by atoms with van der Waals surface area (Å²) in [7, 11) is 3.52. The monoisotopic (exact) mass is 826 g/mol. The lowest BCUT2D eigenvalue weighted by atomic mass is 10.0. The van der Waals surface area contributed by atoms with Crippen LogP contribution in [0, 0.1) is 11.3 Å². The largest absolute Gasteiger partial charge is 0.508 e. The second kappa shape index (κ2) is 27.3. The van der Waals surface area contributed by atoms with Crippen molar-refractivity contribution >= 4 is 41.2 Å². The summed E-state index contributed by atoms with van der Waals surface area (Å²) in [6.45, 7) is 12.1. The zero-order valence-electron chi connectivity index (χ0n) is 34.0. The lowest BCUT2D eigenvalue weighted by Gasteiger charge is -2.36. The number of fused-ring (bicyclic) bond motifs is 2. The van der Waals surface area contributed by atoms with E-state index in [1.807, 2.05) is 69.1 Å². The summed E-state index contributed by atoms with van der Waals surface area (Å²) in [5.41, 5.74) is 0.973. The van der Waals surface area contributed by atoms with Crippen molar-refractivity contribution in [3.8, 4) is 23.3 Å². The predicted octanol–water partition coefficient (Wildman–Crippen LogP) is 7.22. The minimum Gasteiger partial charge on any atom is -0.508 e. The van der Waals surface area contributed by atoms with Crippen molar-refractivity contribution in [3.05, 3.63) is 88.9 Å². The number of nitrogens with zero attached hydrogens (tertiary/aromatic N) is 6. The van der Waals surface area contributed by atoms with E-state index < -0.39 is 5.25 Å². The second-order valence-corrected chi connectivity index (χ2v) is 14.6. The van der Waals surface area contributed by atoms with Crippen LogP contribution in [0.4, 0.5) is 4.79 Å². The Hall–Kier alpha value is -4.36. The van der Waals surface area contributed by atoms with Crippen LogP contribution in [0.5, 0.6) is 17.2 Å². The molecule has 0 aliphatic carbocycles. The Morgan fingerprint density at radius 3 is 2.16 bits per heavy atom. The summed E-state index contributed by atoms with van der Waals surface area (Å²) in [5, 5.41) is 38.1. The number of amides is 2. The number of aromatic hydroxyl groups is 2. The van der Waals surface area contributed by atoms with E-state index in [1.165, 1.54) is 18.0 Å². The van der Waals surface area contributed by atoms with E-state index in [0.717, 1.165) is 18.1 Å². The van der Waals surface area contributed by atoms with Gasteiger partial charge in [0.1, 0.15) is 34.1 Å². The zero-order valence-corrected chi connectivity index (χ0v) is 35.6. The summed E-state index contributed by atoms with van der Waals surface area (Å²) < 4.78 is 12.5. The molecule has 0 aromatic heterocycles. The lowest BCUT2D eigenvalue weighted by Crippen LogP contribution is -2.54. The molecule has 3 aromatic rings. The molecule has 2 bridgehead atoms. The molecule has 3 aromatic carbocycles. The van der Waals surface area contributed by atoms with Gasteiger partial charge in [0, 0.05) is 70.6 Å². The molecule has 3 N–H and O–H groups in total. The van der Waals surface area contributed by atoms with Gasteiger partial charge in [0.2, 0.25) is 0 Å². The first-order chi connectivity index (χ1) is 27.5. The second-order valence-electron chi connectivity index (χ2n) is 12.9. The third kappa shape index (κ3) is 17.0. The number of aliphatic hydroxyl groups is 1. The highest BCUT2D eigenvalue weighted by atomic mass is 35.5. The van der Waals surface area contributed by atoms with Crippen LogP contribution in [0.25, 0.3) is 0 Å². The number of methoxy groups -OCH3 is 1. The number of halogens is 1. The fraction of sp³-hybridized carbons (Fsp3) is 0.476. The van der Waals surface area contributed by atoms with Crippen molar-refractivity contribution in [2.45, 2.75) is 58.2 Å². The summed E-state index contributed by atoms with van der Waals surface area (Å²) in [4.78, 5) is 35.7. The number of carbonyl (C=O) groups excluding carboxylic acids is 2. The minimum absolute atomic E-state index is 0.00792. The van der Waals surface area contributed by atoms with Gasteiger partial charge in [0.05, 0.1) is 30.8 Å². The summed E-state index contributed by atoms with van der Waals surface area (Å²) in [6, 6.07) is 23.3. The number of amidine groups is 1. The number of nitriles is 1. The Kier molecular flexibility index (Phi) is 23.4. The number of hydrogen-bond donors (Lipinski definition) is 3. The molecule has 57 heavy (non-hydrogen) atoms. The zero-order chi connectivity index (χ0) is 42.2. The van der Waals surface area contributed by atoms with Gasteiger partial charge in [-0.2, -0.15) is 5.26 Å². The van der Waals surface area contributed by atoms with Gasteiger partial charge in [-0.3, -0.25) is 19.6 Å². The number of phenolic OH excluding ortho intramolecular Hbond substituents is 2. The van der Waals surface area contributed by atoms with Crippen LogP contribution in [0.15, 0.2) is 77.8 Å². The first-order valence-electron chi connectivity index (χ1n) is 19.2. The topological polar surface area (TPSA) is 162 Å². The van der Waals surface area contributed by atoms with Crippen molar-refractivity contribution in [2.75, 3.05) is 73.4 Å². The molecule has 3 heterocycles. The Morgan fingerprint density at radius 2 is 1.67 bits per heavy atom. The number of rotatable bonds is 8. The molecule has 3 aliphatic heterocycles. The summed E-state index contributed by atoms with van der Waals surface area (Å²) in [6.07, 6.45) is 1.96. The minimum atomic E-state index is -0.583. The molecule has 2 unspecified atom stereocenters. The Bertz CT molecular complexity index is 1650. The number of benzene rings is 3. The number of phenols is 2. The van der Waals surface area contributed by atoms with E-state index in [-0.39, 0.29) is 36.9 Å². The number of aliphatic hydroxyl groups excluding tert-OH is 1. The predicted molar refractivity (Wildman–Crippen MR) is 228 cm³/mol. The number of ether oxygens (including phenoxy) is 2.